The zero-order valence-corrected chi connectivity index (χ0v) is 17.9. The number of fused-ring (bicyclic) bond motifs is 1. The molecule has 0 spiro atoms. The maximum Gasteiger partial charge on any atom is 0.228 e. The average molecular weight is 427 g/mol. The molecule has 2 amide bonds. The fourth-order valence-electron chi connectivity index (χ4n) is 5.03. The first kappa shape index (κ1) is 19.5. The zero-order valence-electron chi connectivity index (χ0n) is 17.1. The van der Waals surface area contributed by atoms with Crippen molar-refractivity contribution in [1.29, 1.82) is 0 Å². The van der Waals surface area contributed by atoms with Crippen LogP contribution in [0, 0.1) is 5.92 Å². The first-order valence-corrected chi connectivity index (χ1v) is 11.6. The second kappa shape index (κ2) is 7.34. The van der Waals surface area contributed by atoms with E-state index >= 15 is 0 Å². The minimum absolute atomic E-state index is 0.0283. The van der Waals surface area contributed by atoms with Crippen molar-refractivity contribution in [3.63, 3.8) is 0 Å². The third-order valence-corrected chi connectivity index (χ3v) is 7.61. The Morgan fingerprint density at radius 3 is 2.83 bits per heavy atom. The maximum absolute atomic E-state index is 12.9. The lowest BCUT2D eigenvalue weighted by Gasteiger charge is -2.41. The number of thiazole rings is 1. The minimum Gasteiger partial charge on any atom is -0.365 e. The molecule has 8 heteroatoms. The summed E-state index contributed by atoms with van der Waals surface area (Å²) in [6.07, 6.45) is 2.62. The molecule has 7 nitrogen and oxygen atoms in total. The zero-order chi connectivity index (χ0) is 20.9. The van der Waals surface area contributed by atoms with E-state index in [1.54, 1.807) is 11.3 Å². The highest BCUT2D eigenvalue weighted by molar-refractivity contribution is 7.16. The van der Waals surface area contributed by atoms with Gasteiger partial charge in [0, 0.05) is 37.8 Å². The lowest BCUT2D eigenvalue weighted by molar-refractivity contribution is -0.133. The van der Waals surface area contributed by atoms with Gasteiger partial charge >= 0.3 is 0 Å². The molecule has 30 heavy (non-hydrogen) atoms. The number of benzene rings is 1. The summed E-state index contributed by atoms with van der Waals surface area (Å²) in [6.45, 7) is 4.25. The summed E-state index contributed by atoms with van der Waals surface area (Å²) in [5.74, 6) is 0.0639. The molecular weight excluding hydrogens is 400 g/mol. The monoisotopic (exact) mass is 426 g/mol. The van der Waals surface area contributed by atoms with Crippen molar-refractivity contribution >= 4 is 44.8 Å². The van der Waals surface area contributed by atoms with Crippen LogP contribution in [-0.4, -0.2) is 58.7 Å². The Morgan fingerprint density at radius 2 is 2.13 bits per heavy atom. The molecule has 0 radical (unpaired) electrons. The van der Waals surface area contributed by atoms with E-state index in [-0.39, 0.29) is 36.0 Å². The van der Waals surface area contributed by atoms with Crippen LogP contribution in [0.25, 0.3) is 10.2 Å². The van der Waals surface area contributed by atoms with Crippen molar-refractivity contribution in [2.24, 2.45) is 5.92 Å². The van der Waals surface area contributed by atoms with Crippen LogP contribution in [-0.2, 0) is 14.4 Å². The van der Waals surface area contributed by atoms with E-state index in [0.717, 1.165) is 24.9 Å². The molecule has 1 aliphatic carbocycles. The fraction of sp³-hybridized carbons (Fsp3) is 0.545. The second-order valence-corrected chi connectivity index (χ2v) is 9.67. The van der Waals surface area contributed by atoms with Crippen LogP contribution in [0.5, 0.6) is 0 Å². The number of carbonyl (C=O) groups is 3. The smallest absolute Gasteiger partial charge is 0.228 e. The molecule has 2 aromatic rings. The van der Waals surface area contributed by atoms with Gasteiger partial charge < -0.3 is 15.1 Å². The molecule has 5 rings (SSSR count). The van der Waals surface area contributed by atoms with E-state index in [9.17, 15) is 14.4 Å². The summed E-state index contributed by atoms with van der Waals surface area (Å²) in [6, 6.07) is 6.53. The number of nitrogens with one attached hydrogen (secondary N) is 1. The summed E-state index contributed by atoms with van der Waals surface area (Å²) in [7, 11) is 0. The van der Waals surface area contributed by atoms with Gasteiger partial charge in [-0.1, -0.05) is 0 Å². The molecule has 158 valence electrons. The van der Waals surface area contributed by atoms with Crippen LogP contribution in [0.2, 0.25) is 0 Å². The molecule has 1 aromatic heterocycles. The predicted molar refractivity (Wildman–Crippen MR) is 115 cm³/mol. The lowest BCUT2D eigenvalue weighted by atomic mass is 9.85. The lowest BCUT2D eigenvalue weighted by Crippen LogP contribution is -2.54. The first-order valence-electron chi connectivity index (χ1n) is 10.7. The Morgan fingerprint density at radius 1 is 1.30 bits per heavy atom. The largest absolute Gasteiger partial charge is 0.365 e. The molecule has 1 N–H and O–H groups in total. The highest BCUT2D eigenvalue weighted by Gasteiger charge is 2.55. The standard InChI is InChI=1S/C22H26N4O3S/c1-14-12-25(8-9-26(14)16-4-5-17-18(10-16)30-13-23-17)21(29)6-7-22(15-2-3-15)19(27)11-20(28)24-22/h4-5,10,13-15H,2-3,6-9,11-12H2,1H3,(H,24,28)/t14-,22?/m0/s1. The SMILES string of the molecule is C[C@H]1CN(C(=O)CCC2(C3CC3)NC(=O)CC2=O)CCN1c1ccc2ncsc2c1. The Kier molecular flexibility index (Phi) is 4.76. The van der Waals surface area contributed by atoms with Gasteiger partial charge in [0.05, 0.1) is 22.1 Å². The summed E-state index contributed by atoms with van der Waals surface area (Å²) >= 11 is 1.64. The van der Waals surface area contributed by atoms with Gasteiger partial charge in [-0.05, 0) is 50.3 Å². The number of amides is 2. The Hall–Kier alpha value is -2.48. The van der Waals surface area contributed by atoms with Crippen molar-refractivity contribution in [2.45, 2.75) is 50.6 Å². The quantitative estimate of drug-likeness (QED) is 0.742. The molecule has 2 aliphatic heterocycles. The predicted octanol–water partition coefficient (Wildman–Crippen LogP) is 2.35. The Balaban J connectivity index is 1.22. The van der Waals surface area contributed by atoms with Gasteiger partial charge in [0.25, 0.3) is 0 Å². The Labute approximate surface area is 179 Å². The highest BCUT2D eigenvalue weighted by Crippen LogP contribution is 2.45. The molecule has 3 heterocycles. The molecule has 1 aromatic carbocycles. The van der Waals surface area contributed by atoms with Crippen molar-refractivity contribution < 1.29 is 14.4 Å². The fourth-order valence-corrected chi connectivity index (χ4v) is 5.74. The summed E-state index contributed by atoms with van der Waals surface area (Å²) in [5.41, 5.74) is 3.26. The summed E-state index contributed by atoms with van der Waals surface area (Å²) < 4.78 is 1.17. The number of Topliss-reactive ketones (excluding diaryl/α,β-unsaturated/α-hetero) is 1. The van der Waals surface area contributed by atoms with Crippen LogP contribution in [0.15, 0.2) is 23.7 Å². The topological polar surface area (TPSA) is 82.6 Å². The van der Waals surface area contributed by atoms with Gasteiger partial charge in [-0.25, -0.2) is 4.98 Å². The number of piperazine rings is 1. The number of hydrogen-bond donors (Lipinski definition) is 1. The van der Waals surface area contributed by atoms with Gasteiger partial charge in [-0.2, -0.15) is 0 Å². The van der Waals surface area contributed by atoms with Crippen LogP contribution in [0.4, 0.5) is 5.69 Å². The van der Waals surface area contributed by atoms with Crippen LogP contribution >= 0.6 is 11.3 Å². The molecule has 1 unspecified atom stereocenters. The van der Waals surface area contributed by atoms with Crippen LogP contribution in [0.1, 0.15) is 39.0 Å². The van der Waals surface area contributed by atoms with E-state index in [2.05, 4.69) is 40.3 Å². The van der Waals surface area contributed by atoms with Gasteiger partial charge in [0.1, 0.15) is 5.54 Å². The highest BCUT2D eigenvalue weighted by atomic mass is 32.1. The molecular formula is C22H26N4O3S. The average Bonchev–Trinajstić information content (AvgIpc) is 3.40. The number of aromatic nitrogens is 1. The molecule has 3 aliphatic rings. The molecule has 0 bridgehead atoms. The van der Waals surface area contributed by atoms with Gasteiger partial charge in [-0.3, -0.25) is 14.4 Å². The number of ketones is 1. The van der Waals surface area contributed by atoms with Gasteiger partial charge in [0.15, 0.2) is 5.78 Å². The van der Waals surface area contributed by atoms with Crippen molar-refractivity contribution in [3.05, 3.63) is 23.7 Å². The van der Waals surface area contributed by atoms with Crippen molar-refractivity contribution in [2.75, 3.05) is 24.5 Å². The van der Waals surface area contributed by atoms with E-state index in [1.807, 2.05) is 10.4 Å². The van der Waals surface area contributed by atoms with Crippen LogP contribution in [0.3, 0.4) is 0 Å². The molecule has 2 saturated heterocycles. The summed E-state index contributed by atoms with van der Waals surface area (Å²) in [4.78, 5) is 45.8. The third kappa shape index (κ3) is 3.37. The van der Waals surface area contributed by atoms with E-state index < -0.39 is 5.54 Å². The van der Waals surface area contributed by atoms with Crippen molar-refractivity contribution in [1.82, 2.24) is 15.2 Å². The van der Waals surface area contributed by atoms with Crippen LogP contribution < -0.4 is 10.2 Å². The first-order chi connectivity index (χ1) is 14.5. The second-order valence-electron chi connectivity index (χ2n) is 8.78. The molecule has 3 fully saturated rings. The number of anilines is 1. The summed E-state index contributed by atoms with van der Waals surface area (Å²) in [5, 5.41) is 2.92. The minimum atomic E-state index is -0.787. The number of rotatable bonds is 5. The number of carbonyl (C=O) groups excluding carboxylic acids is 3. The maximum atomic E-state index is 12.9. The number of nitrogens with zero attached hydrogens (tertiary/aromatic N) is 3. The normalized spacial score (nSPS) is 27.0. The van der Waals surface area contributed by atoms with Gasteiger partial charge in [0.2, 0.25) is 11.8 Å². The van der Waals surface area contributed by atoms with Gasteiger partial charge in [-0.15, -0.1) is 11.3 Å². The van der Waals surface area contributed by atoms with E-state index in [4.69, 9.17) is 0 Å². The molecule has 2 atom stereocenters. The van der Waals surface area contributed by atoms with E-state index in [0.29, 0.717) is 25.9 Å². The number of hydrogen-bond acceptors (Lipinski definition) is 6. The Bertz CT molecular complexity index is 1020. The van der Waals surface area contributed by atoms with E-state index in [1.165, 1.54) is 10.4 Å². The van der Waals surface area contributed by atoms with Crippen molar-refractivity contribution in [3.8, 4) is 0 Å². The third-order valence-electron chi connectivity index (χ3n) is 6.82. The molecule has 1 saturated carbocycles.